The molecule has 158 valence electrons. The van der Waals surface area contributed by atoms with Crippen molar-refractivity contribution in [2.75, 3.05) is 0 Å². The van der Waals surface area contributed by atoms with Gasteiger partial charge >= 0.3 is 0 Å². The van der Waals surface area contributed by atoms with Crippen molar-refractivity contribution in [1.82, 2.24) is 10.5 Å². The van der Waals surface area contributed by atoms with E-state index in [1.807, 2.05) is 6.07 Å². The number of amides is 1. The van der Waals surface area contributed by atoms with Gasteiger partial charge in [0, 0.05) is 6.20 Å². The third-order valence-corrected chi connectivity index (χ3v) is 4.22. The van der Waals surface area contributed by atoms with E-state index in [9.17, 15) is 9.18 Å². The normalized spacial score (nSPS) is 11.3. The second-order valence-electron chi connectivity index (χ2n) is 6.33. The van der Waals surface area contributed by atoms with Gasteiger partial charge in [0.2, 0.25) is 0 Å². The Kier molecular flexibility index (Phi) is 7.38. The van der Waals surface area contributed by atoms with Gasteiger partial charge in [0.05, 0.1) is 11.6 Å². The molecule has 1 N–H and O–H groups in total. The second kappa shape index (κ2) is 10.4. The molecule has 0 bridgehead atoms. The molecule has 0 unspecified atom stereocenters. The van der Waals surface area contributed by atoms with Crippen LogP contribution < -0.4 is 15.0 Å². The highest BCUT2D eigenvalue weighted by Gasteiger charge is 2.15. The van der Waals surface area contributed by atoms with Crippen molar-refractivity contribution in [2.24, 2.45) is 0 Å². The lowest BCUT2D eigenvalue weighted by atomic mass is 10.2. The number of hydrogen-bond acceptors (Lipinski definition) is 6. The monoisotopic (exact) mass is 441 g/mol. The van der Waals surface area contributed by atoms with Crippen LogP contribution in [0.5, 0.6) is 17.2 Å². The van der Waals surface area contributed by atoms with Crippen LogP contribution in [0.2, 0.25) is 5.15 Å². The van der Waals surface area contributed by atoms with Crippen molar-refractivity contribution in [1.29, 1.82) is 5.26 Å². The molecule has 0 radical (unpaired) electrons. The smallest absolute Gasteiger partial charge is 0.284 e. The van der Waals surface area contributed by atoms with Gasteiger partial charge in [-0.2, -0.15) is 5.26 Å². The predicted molar refractivity (Wildman–Crippen MR) is 110 cm³/mol. The average Bonchev–Trinajstić information content (AvgIpc) is 2.77. The SMILES string of the molecule is C[C@@H](Oc1ccc(Oc2ccc(C#N)cc2F)cc1)C(=O)NOCc1ccc(Cl)nc1. The highest BCUT2D eigenvalue weighted by molar-refractivity contribution is 6.29. The second-order valence-corrected chi connectivity index (χ2v) is 6.72. The summed E-state index contributed by atoms with van der Waals surface area (Å²) in [6, 6.07) is 15.5. The first-order chi connectivity index (χ1) is 14.9. The van der Waals surface area contributed by atoms with Crippen LogP contribution in [0, 0.1) is 17.1 Å². The van der Waals surface area contributed by atoms with Crippen LogP contribution in [-0.4, -0.2) is 17.0 Å². The molecule has 7 nitrogen and oxygen atoms in total. The lowest BCUT2D eigenvalue weighted by molar-refractivity contribution is -0.141. The van der Waals surface area contributed by atoms with Gasteiger partial charge in [0.15, 0.2) is 17.7 Å². The minimum atomic E-state index is -0.828. The minimum absolute atomic E-state index is 0.00606. The summed E-state index contributed by atoms with van der Waals surface area (Å²) in [5.74, 6) is -0.334. The van der Waals surface area contributed by atoms with E-state index in [1.165, 1.54) is 12.1 Å². The third kappa shape index (κ3) is 6.40. The van der Waals surface area contributed by atoms with Crippen molar-refractivity contribution in [3.05, 3.63) is 82.9 Å². The quantitative estimate of drug-likeness (QED) is 0.407. The maximum absolute atomic E-state index is 13.9. The number of nitriles is 1. The zero-order valence-corrected chi connectivity index (χ0v) is 17.1. The first kappa shape index (κ1) is 22.0. The summed E-state index contributed by atoms with van der Waals surface area (Å²) in [7, 11) is 0. The first-order valence-electron chi connectivity index (χ1n) is 9.11. The highest BCUT2D eigenvalue weighted by atomic mass is 35.5. The highest BCUT2D eigenvalue weighted by Crippen LogP contribution is 2.27. The minimum Gasteiger partial charge on any atom is -0.481 e. The van der Waals surface area contributed by atoms with Gasteiger partial charge in [-0.15, -0.1) is 0 Å². The van der Waals surface area contributed by atoms with Crippen molar-refractivity contribution < 1.29 is 23.5 Å². The zero-order chi connectivity index (χ0) is 22.2. The summed E-state index contributed by atoms with van der Waals surface area (Å²) in [4.78, 5) is 21.2. The van der Waals surface area contributed by atoms with Gasteiger partial charge in [0.25, 0.3) is 5.91 Å². The largest absolute Gasteiger partial charge is 0.481 e. The van der Waals surface area contributed by atoms with Gasteiger partial charge in [0.1, 0.15) is 23.3 Å². The summed E-state index contributed by atoms with van der Waals surface area (Å²) in [5, 5.41) is 9.15. The number of pyridine rings is 1. The van der Waals surface area contributed by atoms with Gasteiger partial charge < -0.3 is 9.47 Å². The Hall–Kier alpha value is -3.67. The molecule has 0 spiro atoms. The number of hydrogen-bond donors (Lipinski definition) is 1. The van der Waals surface area contributed by atoms with Crippen molar-refractivity contribution >= 4 is 17.5 Å². The van der Waals surface area contributed by atoms with Crippen LogP contribution in [0.3, 0.4) is 0 Å². The van der Waals surface area contributed by atoms with Gasteiger partial charge in [-0.25, -0.2) is 14.9 Å². The molecule has 1 atom stereocenters. The standard InChI is InChI=1S/C22H17ClFN3O4/c1-14(22(28)27-29-13-16-3-9-21(23)26-12-16)30-17-4-6-18(7-5-17)31-20-8-2-15(11-25)10-19(20)24/h2-10,12,14H,13H2,1H3,(H,27,28)/t14-/m1/s1. The Morgan fingerprint density at radius 2 is 1.94 bits per heavy atom. The van der Waals surface area contributed by atoms with Crippen LogP contribution in [0.15, 0.2) is 60.8 Å². The predicted octanol–water partition coefficient (Wildman–Crippen LogP) is 4.55. The van der Waals surface area contributed by atoms with Gasteiger partial charge in [-0.05, 0) is 61.0 Å². The van der Waals surface area contributed by atoms with E-state index in [0.717, 1.165) is 11.6 Å². The van der Waals surface area contributed by atoms with Crippen LogP contribution in [0.1, 0.15) is 18.1 Å². The van der Waals surface area contributed by atoms with Crippen molar-refractivity contribution in [3.8, 4) is 23.3 Å². The molecule has 0 saturated heterocycles. The van der Waals surface area contributed by atoms with E-state index in [-0.39, 0.29) is 17.9 Å². The molecular weight excluding hydrogens is 425 g/mol. The number of carbonyl (C=O) groups is 1. The number of rotatable bonds is 8. The van der Waals surface area contributed by atoms with Crippen LogP contribution >= 0.6 is 11.6 Å². The Bertz CT molecular complexity index is 1090. The van der Waals surface area contributed by atoms with Gasteiger partial charge in [-0.1, -0.05) is 17.7 Å². The van der Waals surface area contributed by atoms with Crippen LogP contribution in [0.4, 0.5) is 4.39 Å². The maximum Gasteiger partial charge on any atom is 0.284 e. The topological polar surface area (TPSA) is 93.5 Å². The molecule has 2 aromatic carbocycles. The molecule has 0 aliphatic rings. The number of nitrogens with one attached hydrogen (secondary N) is 1. The molecule has 0 saturated carbocycles. The molecule has 0 aliphatic carbocycles. The lowest BCUT2D eigenvalue weighted by Gasteiger charge is -2.15. The summed E-state index contributed by atoms with van der Waals surface area (Å²) < 4.78 is 25.0. The Balaban J connectivity index is 1.48. The molecule has 1 aromatic heterocycles. The first-order valence-corrected chi connectivity index (χ1v) is 9.48. The van der Waals surface area contributed by atoms with Crippen LogP contribution in [-0.2, 0) is 16.2 Å². The Morgan fingerprint density at radius 1 is 1.19 bits per heavy atom. The van der Waals surface area contributed by atoms with E-state index < -0.39 is 17.8 Å². The van der Waals surface area contributed by atoms with Gasteiger partial charge in [-0.3, -0.25) is 9.63 Å². The van der Waals surface area contributed by atoms with E-state index in [4.69, 9.17) is 31.2 Å². The summed E-state index contributed by atoms with van der Waals surface area (Å²) in [6.45, 7) is 1.69. The summed E-state index contributed by atoms with van der Waals surface area (Å²) in [5.41, 5.74) is 3.26. The molecular formula is C22H17ClFN3O4. The average molecular weight is 442 g/mol. The molecule has 3 aromatic rings. The molecule has 0 fully saturated rings. The number of benzene rings is 2. The number of hydroxylamine groups is 1. The molecule has 1 amide bonds. The maximum atomic E-state index is 13.9. The van der Waals surface area contributed by atoms with E-state index in [1.54, 1.807) is 49.5 Å². The Morgan fingerprint density at radius 3 is 2.58 bits per heavy atom. The zero-order valence-electron chi connectivity index (χ0n) is 16.3. The number of nitrogens with zero attached hydrogens (tertiary/aromatic N) is 2. The Labute approximate surface area is 182 Å². The fourth-order valence-electron chi connectivity index (χ4n) is 2.39. The molecule has 3 rings (SSSR count). The fraction of sp³-hybridized carbons (Fsp3) is 0.136. The number of halogens is 2. The van der Waals surface area contributed by atoms with Crippen molar-refractivity contribution in [3.63, 3.8) is 0 Å². The lowest BCUT2D eigenvalue weighted by Crippen LogP contribution is -2.36. The third-order valence-electron chi connectivity index (χ3n) is 3.99. The molecule has 0 aliphatic heterocycles. The fourth-order valence-corrected chi connectivity index (χ4v) is 2.50. The molecule has 31 heavy (non-hydrogen) atoms. The van der Waals surface area contributed by atoms with E-state index in [0.29, 0.717) is 16.7 Å². The summed E-state index contributed by atoms with van der Waals surface area (Å²) in [6.07, 6.45) is 0.716. The number of carbonyl (C=O) groups excluding carboxylic acids is 1. The number of ether oxygens (including phenoxy) is 2. The van der Waals surface area contributed by atoms with E-state index >= 15 is 0 Å². The molecule has 1 heterocycles. The number of aromatic nitrogens is 1. The van der Waals surface area contributed by atoms with Crippen LogP contribution in [0.25, 0.3) is 0 Å². The van der Waals surface area contributed by atoms with Crippen molar-refractivity contribution in [2.45, 2.75) is 19.6 Å². The molecule has 9 heteroatoms. The summed E-state index contributed by atoms with van der Waals surface area (Å²) >= 11 is 5.71. The van der Waals surface area contributed by atoms with E-state index in [2.05, 4.69) is 10.5 Å².